The first-order valence-electron chi connectivity index (χ1n) is 8.13. The van der Waals surface area contributed by atoms with Gasteiger partial charge in [-0.15, -0.1) is 0 Å². The lowest BCUT2D eigenvalue weighted by Crippen LogP contribution is -2.25. The number of anilines is 1. The number of rotatable bonds is 3. The molecule has 0 fully saturated rings. The van der Waals surface area contributed by atoms with Gasteiger partial charge in [0.05, 0.1) is 5.69 Å². The van der Waals surface area contributed by atoms with Crippen molar-refractivity contribution < 1.29 is 19.1 Å². The van der Waals surface area contributed by atoms with Crippen LogP contribution in [0.2, 0.25) is 0 Å². The zero-order valence-electron chi connectivity index (χ0n) is 14.0. The number of benzene rings is 2. The van der Waals surface area contributed by atoms with Crippen molar-refractivity contribution in [1.29, 1.82) is 0 Å². The van der Waals surface area contributed by atoms with Crippen LogP contribution in [0.25, 0.3) is 23.1 Å². The van der Waals surface area contributed by atoms with Gasteiger partial charge >= 0.3 is 5.97 Å². The number of carbonyl (C=O) groups excluding carboxylic acids is 2. The molecule has 0 spiro atoms. The fourth-order valence-electron chi connectivity index (χ4n) is 2.85. The van der Waals surface area contributed by atoms with Gasteiger partial charge in [0.2, 0.25) is 0 Å². The maximum Gasteiger partial charge on any atom is 0.308 e. The number of H-pyrrole nitrogens is 1. The van der Waals surface area contributed by atoms with E-state index in [2.05, 4.69) is 10.3 Å². The van der Waals surface area contributed by atoms with Crippen LogP contribution in [0.3, 0.4) is 0 Å². The van der Waals surface area contributed by atoms with Crippen LogP contribution < -0.4 is 14.8 Å². The topological polar surface area (TPSA) is 80.4 Å². The molecule has 0 aliphatic carbocycles. The molecule has 130 valence electrons. The van der Waals surface area contributed by atoms with Gasteiger partial charge in [0, 0.05) is 24.0 Å². The van der Waals surface area contributed by atoms with Crippen LogP contribution in [0.4, 0.5) is 5.69 Å². The Hall–Kier alpha value is -3.54. The zero-order chi connectivity index (χ0) is 18.1. The van der Waals surface area contributed by atoms with Crippen molar-refractivity contribution in [3.8, 4) is 11.5 Å². The highest BCUT2D eigenvalue weighted by atomic mass is 16.5. The molecule has 0 bridgehead atoms. The summed E-state index contributed by atoms with van der Waals surface area (Å²) in [5, 5.41) is 3.64. The van der Waals surface area contributed by atoms with Crippen LogP contribution in [-0.2, 0) is 9.59 Å². The lowest BCUT2D eigenvalue weighted by atomic mass is 10.1. The van der Waals surface area contributed by atoms with Crippen molar-refractivity contribution in [3.05, 3.63) is 53.7 Å². The van der Waals surface area contributed by atoms with Gasteiger partial charge in [-0.2, -0.15) is 0 Å². The lowest BCUT2D eigenvalue weighted by molar-refractivity contribution is -0.131. The van der Waals surface area contributed by atoms with Gasteiger partial charge in [-0.05, 0) is 35.4 Å². The van der Waals surface area contributed by atoms with E-state index < -0.39 is 0 Å². The highest BCUT2D eigenvalue weighted by molar-refractivity contribution is 5.96. The molecule has 1 aliphatic rings. The second-order valence-electron chi connectivity index (χ2n) is 5.98. The number of fused-ring (bicyclic) bond motifs is 2. The van der Waals surface area contributed by atoms with Gasteiger partial charge < -0.3 is 19.8 Å². The molecule has 26 heavy (non-hydrogen) atoms. The normalized spacial score (nSPS) is 13.3. The van der Waals surface area contributed by atoms with Crippen molar-refractivity contribution in [2.24, 2.45) is 0 Å². The van der Waals surface area contributed by atoms with Gasteiger partial charge in [0.1, 0.15) is 5.75 Å². The molecule has 2 aromatic carbocycles. The fourth-order valence-corrected chi connectivity index (χ4v) is 2.85. The van der Waals surface area contributed by atoms with E-state index in [0.29, 0.717) is 17.2 Å². The summed E-state index contributed by atoms with van der Waals surface area (Å²) < 4.78 is 10.6. The molecule has 6 nitrogen and oxygen atoms in total. The van der Waals surface area contributed by atoms with Gasteiger partial charge in [0.25, 0.3) is 5.91 Å². The van der Waals surface area contributed by atoms with Crippen LogP contribution >= 0.6 is 0 Å². The van der Waals surface area contributed by atoms with E-state index >= 15 is 0 Å². The molecule has 6 heteroatoms. The number of aromatic amines is 1. The Morgan fingerprint density at radius 1 is 1.15 bits per heavy atom. The average Bonchev–Trinajstić information content (AvgIpc) is 3.01. The largest absolute Gasteiger partial charge is 0.482 e. The predicted molar refractivity (Wildman–Crippen MR) is 99.1 cm³/mol. The van der Waals surface area contributed by atoms with E-state index in [1.54, 1.807) is 6.20 Å². The Morgan fingerprint density at radius 3 is 2.73 bits per heavy atom. The molecule has 0 unspecified atom stereocenters. The Labute approximate surface area is 149 Å². The van der Waals surface area contributed by atoms with E-state index in [1.807, 2.05) is 48.6 Å². The Balaban J connectivity index is 1.61. The Kier molecular flexibility index (Phi) is 3.93. The molecule has 1 amide bonds. The number of esters is 1. The number of carbonyl (C=O) groups is 2. The summed E-state index contributed by atoms with van der Waals surface area (Å²) >= 11 is 0. The number of ether oxygens (including phenoxy) is 2. The first-order valence-corrected chi connectivity index (χ1v) is 8.13. The minimum Gasteiger partial charge on any atom is -0.482 e. The minimum absolute atomic E-state index is 0.0452. The molecule has 0 radical (unpaired) electrons. The summed E-state index contributed by atoms with van der Waals surface area (Å²) in [5.74, 6) is 0.664. The highest BCUT2D eigenvalue weighted by Crippen LogP contribution is 2.30. The summed E-state index contributed by atoms with van der Waals surface area (Å²) in [5.41, 5.74) is 3.46. The third-order valence-corrected chi connectivity index (χ3v) is 4.03. The molecule has 2 N–H and O–H groups in total. The van der Waals surface area contributed by atoms with Crippen molar-refractivity contribution in [1.82, 2.24) is 4.98 Å². The molecule has 4 rings (SSSR count). The van der Waals surface area contributed by atoms with E-state index in [4.69, 9.17) is 9.47 Å². The molecule has 0 saturated heterocycles. The maximum atomic E-state index is 11.4. The summed E-state index contributed by atoms with van der Waals surface area (Å²) in [7, 11) is 0. The average molecular weight is 348 g/mol. The second kappa shape index (κ2) is 6.40. The van der Waals surface area contributed by atoms with E-state index in [9.17, 15) is 9.59 Å². The van der Waals surface area contributed by atoms with Crippen LogP contribution in [0, 0.1) is 0 Å². The predicted octanol–water partition coefficient (Wildman–Crippen LogP) is 3.59. The third kappa shape index (κ3) is 3.17. The maximum absolute atomic E-state index is 11.4. The SMILES string of the molecule is CC(=O)Oc1c[nH]c2ccc(/C=C/c3ccc4c(c3)NC(=O)CO4)cc12. The number of hydrogen-bond acceptors (Lipinski definition) is 4. The van der Waals surface area contributed by atoms with Gasteiger partial charge in [-0.3, -0.25) is 9.59 Å². The second-order valence-corrected chi connectivity index (χ2v) is 5.98. The molecule has 1 aliphatic heterocycles. The van der Waals surface area contributed by atoms with Crippen molar-refractivity contribution >= 4 is 40.6 Å². The summed E-state index contributed by atoms with van der Waals surface area (Å²) in [6, 6.07) is 11.5. The Morgan fingerprint density at radius 2 is 1.92 bits per heavy atom. The lowest BCUT2D eigenvalue weighted by Gasteiger charge is -2.17. The van der Waals surface area contributed by atoms with Crippen LogP contribution in [-0.4, -0.2) is 23.5 Å². The standard InChI is InChI=1S/C20H16N2O4/c1-12(23)26-19-10-21-16-6-4-13(8-15(16)19)2-3-14-5-7-18-17(9-14)22-20(24)11-25-18/h2-10,21H,11H2,1H3,(H,22,24)/b3-2+. The summed E-state index contributed by atoms with van der Waals surface area (Å²) in [6.07, 6.45) is 5.57. The molecule has 2 heterocycles. The van der Waals surface area contributed by atoms with Gasteiger partial charge in [-0.25, -0.2) is 0 Å². The van der Waals surface area contributed by atoms with Crippen molar-refractivity contribution in [3.63, 3.8) is 0 Å². The monoisotopic (exact) mass is 348 g/mol. The first-order chi connectivity index (χ1) is 12.6. The van der Waals surface area contributed by atoms with Crippen molar-refractivity contribution in [2.45, 2.75) is 6.92 Å². The summed E-state index contributed by atoms with van der Waals surface area (Å²) in [4.78, 5) is 25.7. The zero-order valence-corrected chi connectivity index (χ0v) is 14.0. The van der Waals surface area contributed by atoms with E-state index in [-0.39, 0.29) is 18.5 Å². The Bertz CT molecular complexity index is 1050. The van der Waals surface area contributed by atoms with Crippen molar-refractivity contribution in [2.75, 3.05) is 11.9 Å². The minimum atomic E-state index is -0.356. The van der Waals surface area contributed by atoms with Crippen LogP contribution in [0.15, 0.2) is 42.6 Å². The van der Waals surface area contributed by atoms with E-state index in [0.717, 1.165) is 22.0 Å². The summed E-state index contributed by atoms with van der Waals surface area (Å²) in [6.45, 7) is 1.42. The number of hydrogen-bond donors (Lipinski definition) is 2. The third-order valence-electron chi connectivity index (χ3n) is 4.03. The molecular weight excluding hydrogens is 332 g/mol. The number of nitrogens with one attached hydrogen (secondary N) is 2. The fraction of sp³-hybridized carbons (Fsp3) is 0.100. The highest BCUT2D eigenvalue weighted by Gasteiger charge is 2.15. The van der Waals surface area contributed by atoms with E-state index in [1.165, 1.54) is 6.92 Å². The molecular formula is C20H16N2O4. The van der Waals surface area contributed by atoms with Gasteiger partial charge in [-0.1, -0.05) is 24.3 Å². The molecule has 0 atom stereocenters. The molecule has 3 aromatic rings. The van der Waals surface area contributed by atoms with Crippen LogP contribution in [0.5, 0.6) is 11.5 Å². The smallest absolute Gasteiger partial charge is 0.308 e. The first kappa shape index (κ1) is 16.0. The van der Waals surface area contributed by atoms with Gasteiger partial charge in [0.15, 0.2) is 12.4 Å². The number of amides is 1. The number of aromatic nitrogens is 1. The molecule has 1 aromatic heterocycles. The van der Waals surface area contributed by atoms with Crippen LogP contribution in [0.1, 0.15) is 18.1 Å². The quantitative estimate of drug-likeness (QED) is 0.560. The molecule has 0 saturated carbocycles.